The van der Waals surface area contributed by atoms with Gasteiger partial charge in [-0.1, -0.05) is 20.3 Å². The van der Waals surface area contributed by atoms with Crippen LogP contribution >= 0.6 is 0 Å². The van der Waals surface area contributed by atoms with Crippen LogP contribution in [0.1, 0.15) is 56.8 Å². The van der Waals surface area contributed by atoms with Gasteiger partial charge in [0.15, 0.2) is 11.5 Å². The van der Waals surface area contributed by atoms with Gasteiger partial charge in [0, 0.05) is 44.9 Å². The SMILES string of the molecule is CC[C@@H](C)[C@H](NC(=O)c1cn(CC)c2cc3c(cc2c1=O)OCO3)C(=O)NCCCN1CCCC1=O. The molecule has 10 nitrogen and oxygen atoms in total. The van der Waals surface area contributed by atoms with E-state index < -0.39 is 17.4 Å². The number of amides is 3. The van der Waals surface area contributed by atoms with Crippen molar-refractivity contribution >= 4 is 28.6 Å². The number of benzene rings is 1. The molecule has 2 atom stereocenters. The van der Waals surface area contributed by atoms with Crippen LogP contribution in [0.4, 0.5) is 0 Å². The van der Waals surface area contributed by atoms with Crippen molar-refractivity contribution in [2.24, 2.45) is 5.92 Å². The molecule has 0 unspecified atom stereocenters. The Morgan fingerprint density at radius 2 is 1.89 bits per heavy atom. The van der Waals surface area contributed by atoms with Gasteiger partial charge in [-0.3, -0.25) is 19.2 Å². The quantitative estimate of drug-likeness (QED) is 0.484. The molecule has 0 bridgehead atoms. The highest BCUT2D eigenvalue weighted by Gasteiger charge is 2.28. The van der Waals surface area contributed by atoms with Crippen LogP contribution in [0.2, 0.25) is 0 Å². The van der Waals surface area contributed by atoms with Gasteiger partial charge in [-0.2, -0.15) is 0 Å². The number of aryl methyl sites for hydroxylation is 1. The number of nitrogens with one attached hydrogen (secondary N) is 2. The van der Waals surface area contributed by atoms with Gasteiger partial charge in [0.05, 0.1) is 10.9 Å². The Hall–Kier alpha value is -3.56. The number of carbonyl (C=O) groups excluding carboxylic acids is 3. The van der Waals surface area contributed by atoms with E-state index in [0.717, 1.165) is 13.0 Å². The van der Waals surface area contributed by atoms with Gasteiger partial charge in [-0.05, 0) is 31.7 Å². The predicted octanol–water partition coefficient (Wildman–Crippen LogP) is 2.02. The summed E-state index contributed by atoms with van der Waals surface area (Å²) in [7, 11) is 0. The molecule has 1 aromatic carbocycles. The Morgan fingerprint density at radius 3 is 2.56 bits per heavy atom. The Kier molecular flexibility index (Phi) is 7.81. The second kappa shape index (κ2) is 11.0. The zero-order valence-electron chi connectivity index (χ0n) is 21.1. The zero-order valence-corrected chi connectivity index (χ0v) is 21.1. The van der Waals surface area contributed by atoms with Crippen molar-refractivity contribution in [3.05, 3.63) is 34.1 Å². The largest absolute Gasteiger partial charge is 0.454 e. The van der Waals surface area contributed by atoms with Crippen molar-refractivity contribution in [3.8, 4) is 11.5 Å². The average Bonchev–Trinajstić information content (AvgIpc) is 3.51. The maximum absolute atomic E-state index is 13.3. The third kappa shape index (κ3) is 5.17. The molecule has 2 N–H and O–H groups in total. The number of nitrogens with zero attached hydrogens (tertiary/aromatic N) is 2. The lowest BCUT2D eigenvalue weighted by Gasteiger charge is -2.24. The van der Waals surface area contributed by atoms with Gasteiger partial charge >= 0.3 is 0 Å². The summed E-state index contributed by atoms with van der Waals surface area (Å²) in [6.07, 6.45) is 4.31. The number of carbonyl (C=O) groups is 3. The van der Waals surface area contributed by atoms with E-state index in [1.165, 1.54) is 6.20 Å². The van der Waals surface area contributed by atoms with Gasteiger partial charge in [0.2, 0.25) is 24.0 Å². The van der Waals surface area contributed by atoms with Crippen molar-refractivity contribution < 1.29 is 23.9 Å². The number of fused-ring (bicyclic) bond motifs is 2. The number of likely N-dealkylation sites (tertiary alicyclic amines) is 1. The van der Waals surface area contributed by atoms with Crippen molar-refractivity contribution in [2.45, 2.75) is 59.0 Å². The number of rotatable bonds is 10. The van der Waals surface area contributed by atoms with E-state index in [2.05, 4.69) is 10.6 Å². The predicted molar refractivity (Wildman–Crippen MR) is 134 cm³/mol. The molecule has 194 valence electrons. The molecule has 10 heteroatoms. The van der Waals surface area contributed by atoms with Crippen molar-refractivity contribution in [2.75, 3.05) is 26.4 Å². The van der Waals surface area contributed by atoms with Crippen LogP contribution < -0.4 is 25.5 Å². The molecule has 3 amide bonds. The summed E-state index contributed by atoms with van der Waals surface area (Å²) in [6.45, 7) is 8.13. The summed E-state index contributed by atoms with van der Waals surface area (Å²) >= 11 is 0. The highest BCUT2D eigenvalue weighted by atomic mass is 16.7. The second-order valence-electron chi connectivity index (χ2n) is 9.35. The number of hydrogen-bond acceptors (Lipinski definition) is 6. The van der Waals surface area contributed by atoms with Crippen LogP contribution in [0.3, 0.4) is 0 Å². The fourth-order valence-electron chi connectivity index (χ4n) is 4.66. The summed E-state index contributed by atoms with van der Waals surface area (Å²) in [5.41, 5.74) is 0.192. The number of aromatic nitrogens is 1. The van der Waals surface area contributed by atoms with Crippen LogP contribution in [0, 0.1) is 5.92 Å². The minimum Gasteiger partial charge on any atom is -0.454 e. The topological polar surface area (TPSA) is 119 Å². The lowest BCUT2D eigenvalue weighted by molar-refractivity contribution is -0.127. The van der Waals surface area contributed by atoms with E-state index in [-0.39, 0.29) is 30.1 Å². The lowest BCUT2D eigenvalue weighted by atomic mass is 9.97. The molecule has 4 rings (SSSR count). The molecular weight excluding hydrogens is 464 g/mol. The molecule has 1 saturated heterocycles. The smallest absolute Gasteiger partial charge is 0.257 e. The van der Waals surface area contributed by atoms with E-state index in [4.69, 9.17) is 9.47 Å². The minimum atomic E-state index is -0.794. The summed E-state index contributed by atoms with van der Waals surface area (Å²) in [5, 5.41) is 6.04. The molecule has 0 spiro atoms. The van der Waals surface area contributed by atoms with E-state index in [1.54, 1.807) is 12.1 Å². The molecule has 0 saturated carbocycles. The van der Waals surface area contributed by atoms with Crippen molar-refractivity contribution in [1.82, 2.24) is 20.1 Å². The fraction of sp³-hybridized carbons (Fsp3) is 0.538. The van der Waals surface area contributed by atoms with Crippen LogP contribution in [0.25, 0.3) is 10.9 Å². The van der Waals surface area contributed by atoms with E-state index >= 15 is 0 Å². The maximum atomic E-state index is 13.3. The second-order valence-corrected chi connectivity index (χ2v) is 9.35. The maximum Gasteiger partial charge on any atom is 0.257 e. The molecular formula is C26H34N4O6. The highest BCUT2D eigenvalue weighted by molar-refractivity contribution is 6.00. The van der Waals surface area contributed by atoms with E-state index in [0.29, 0.717) is 61.3 Å². The Balaban J connectivity index is 1.49. The standard InChI is InChI=1S/C26H34N4O6/c1-4-16(3)23(26(34)27-9-7-11-30-10-6-8-22(30)31)28-25(33)18-14-29(5-2)19-13-21-20(35-15-36-21)12-17(19)24(18)32/h12-14,16,23H,4-11,15H2,1-3H3,(H,27,34)(H,28,33)/t16-,23+/m1/s1. The number of hydrogen-bond donors (Lipinski definition) is 2. The monoisotopic (exact) mass is 498 g/mol. The van der Waals surface area contributed by atoms with Gasteiger partial charge in [-0.15, -0.1) is 0 Å². The third-order valence-electron chi connectivity index (χ3n) is 7.02. The first kappa shape index (κ1) is 25.5. The molecule has 2 aliphatic heterocycles. The van der Waals surface area contributed by atoms with E-state index in [9.17, 15) is 19.2 Å². The van der Waals surface area contributed by atoms with Gasteiger partial charge in [-0.25, -0.2) is 0 Å². The minimum absolute atomic E-state index is 0.0307. The molecule has 3 heterocycles. The third-order valence-corrected chi connectivity index (χ3v) is 7.02. The average molecular weight is 499 g/mol. The summed E-state index contributed by atoms with van der Waals surface area (Å²) in [4.78, 5) is 53.1. The molecule has 0 radical (unpaired) electrons. The Labute approximate surface area is 209 Å². The molecule has 2 aliphatic rings. The Bertz CT molecular complexity index is 1220. The summed E-state index contributed by atoms with van der Waals surface area (Å²) in [5.74, 6) is 0.145. The van der Waals surface area contributed by atoms with Gasteiger partial charge in [0.25, 0.3) is 5.91 Å². The van der Waals surface area contributed by atoms with Crippen LogP contribution in [-0.4, -0.2) is 59.7 Å². The van der Waals surface area contributed by atoms with E-state index in [1.807, 2.05) is 30.2 Å². The van der Waals surface area contributed by atoms with Crippen LogP contribution in [0.5, 0.6) is 11.5 Å². The zero-order chi connectivity index (χ0) is 25.8. The van der Waals surface area contributed by atoms with Gasteiger partial charge in [0.1, 0.15) is 11.6 Å². The van der Waals surface area contributed by atoms with Gasteiger partial charge < -0.3 is 29.6 Å². The first-order valence-electron chi connectivity index (χ1n) is 12.7. The number of pyridine rings is 1. The van der Waals surface area contributed by atoms with Crippen molar-refractivity contribution in [1.29, 1.82) is 0 Å². The van der Waals surface area contributed by atoms with Crippen LogP contribution in [-0.2, 0) is 16.1 Å². The first-order valence-corrected chi connectivity index (χ1v) is 12.7. The molecule has 1 aromatic heterocycles. The number of ether oxygens (including phenoxy) is 2. The molecule has 0 aliphatic carbocycles. The normalized spacial score (nSPS) is 16.3. The molecule has 2 aromatic rings. The summed E-state index contributed by atoms with van der Waals surface area (Å²) < 4.78 is 12.7. The first-order chi connectivity index (χ1) is 17.3. The summed E-state index contributed by atoms with van der Waals surface area (Å²) in [6, 6.07) is 2.56. The van der Waals surface area contributed by atoms with Crippen LogP contribution in [0.15, 0.2) is 23.1 Å². The van der Waals surface area contributed by atoms with Crippen molar-refractivity contribution in [3.63, 3.8) is 0 Å². The molecule has 1 fully saturated rings. The fourth-order valence-corrected chi connectivity index (χ4v) is 4.66. The molecule has 36 heavy (non-hydrogen) atoms. The Morgan fingerprint density at radius 1 is 1.14 bits per heavy atom. The highest BCUT2D eigenvalue weighted by Crippen LogP contribution is 2.35. The lowest BCUT2D eigenvalue weighted by Crippen LogP contribution is -2.51.